The Bertz CT molecular complexity index is 593. The molecule has 2 aromatic heterocycles. The molecule has 0 atom stereocenters. The maximum absolute atomic E-state index is 4.22. The Kier molecular flexibility index (Phi) is 1.80. The van der Waals surface area contributed by atoms with Gasteiger partial charge in [0.25, 0.3) is 0 Å². The first-order valence-electron chi connectivity index (χ1n) is 4.33. The molecule has 0 amide bonds. The first-order chi connectivity index (χ1) is 7.34. The molecule has 0 fully saturated rings. The molecule has 2 aromatic rings. The van der Waals surface area contributed by atoms with E-state index in [2.05, 4.69) is 36.9 Å². The Balaban J connectivity index is 2.22. The summed E-state index contributed by atoms with van der Waals surface area (Å²) in [6.45, 7) is 0. The smallest absolute Gasteiger partial charge is 0.171 e. The maximum atomic E-state index is 4.22. The molecular formula is C10H5BrN4. The van der Waals surface area contributed by atoms with Gasteiger partial charge >= 0.3 is 0 Å². The lowest BCUT2D eigenvalue weighted by atomic mass is 10.2. The molecule has 3 rings (SSSR count). The summed E-state index contributed by atoms with van der Waals surface area (Å²) in [6, 6.07) is 1.90. The molecule has 1 aliphatic heterocycles. The van der Waals surface area contributed by atoms with Crippen molar-refractivity contribution >= 4 is 33.7 Å². The van der Waals surface area contributed by atoms with Gasteiger partial charge in [0.2, 0.25) is 0 Å². The first-order valence-corrected chi connectivity index (χ1v) is 5.13. The molecule has 4 nitrogen and oxygen atoms in total. The number of hydrogen-bond acceptors (Lipinski definition) is 3. The minimum Gasteiger partial charge on any atom is -0.239 e. The summed E-state index contributed by atoms with van der Waals surface area (Å²) < 4.78 is 2.72. The van der Waals surface area contributed by atoms with Gasteiger partial charge in [0.15, 0.2) is 5.82 Å². The number of aromatic nitrogens is 3. The van der Waals surface area contributed by atoms with Crippen LogP contribution in [0.25, 0.3) is 11.8 Å². The normalized spacial score (nSPS) is 12.1. The summed E-state index contributed by atoms with van der Waals surface area (Å²) in [5.74, 6) is 3.48. The lowest BCUT2D eigenvalue weighted by Crippen LogP contribution is -1.97. The van der Waals surface area contributed by atoms with Crippen LogP contribution in [0, 0.1) is 0 Å². The highest BCUT2D eigenvalue weighted by atomic mass is 79.9. The summed E-state index contributed by atoms with van der Waals surface area (Å²) in [5, 5.41) is 4.22. The average molecular weight is 261 g/mol. The zero-order valence-electron chi connectivity index (χ0n) is 7.55. The van der Waals surface area contributed by atoms with E-state index >= 15 is 0 Å². The van der Waals surface area contributed by atoms with E-state index in [0.717, 1.165) is 15.7 Å². The van der Waals surface area contributed by atoms with Gasteiger partial charge in [0, 0.05) is 18.5 Å². The van der Waals surface area contributed by atoms with Crippen LogP contribution in [-0.2, 0) is 0 Å². The summed E-state index contributed by atoms with van der Waals surface area (Å²) in [4.78, 5) is 8.16. The Hall–Kier alpha value is -1.71. The third kappa shape index (κ3) is 1.33. The summed E-state index contributed by atoms with van der Waals surface area (Å²) in [7, 11) is 0. The second-order valence-electron chi connectivity index (χ2n) is 3.06. The van der Waals surface area contributed by atoms with Crippen molar-refractivity contribution in [1.82, 2.24) is 14.8 Å². The number of aliphatic imine (C=N–C) groups is 1. The number of nitrogens with zero attached hydrogens (tertiary/aromatic N) is 4. The van der Waals surface area contributed by atoms with Gasteiger partial charge in [-0.05, 0) is 27.9 Å². The Morgan fingerprint density at radius 2 is 2.33 bits per heavy atom. The van der Waals surface area contributed by atoms with Crippen LogP contribution in [0.5, 0.6) is 0 Å². The quantitative estimate of drug-likeness (QED) is 0.674. The van der Waals surface area contributed by atoms with E-state index in [1.807, 2.05) is 18.3 Å². The number of rotatable bonds is 1. The standard InChI is InChI=1S/C10H5BrN4/c11-7-5-14-15(6-7)9-2-4-13-10-8(9)1-3-12-10/h1-2,4-6H. The predicted molar refractivity (Wildman–Crippen MR) is 60.6 cm³/mol. The van der Waals surface area contributed by atoms with Crippen LogP contribution in [-0.4, -0.2) is 20.6 Å². The lowest BCUT2D eigenvalue weighted by molar-refractivity contribution is 0.876. The van der Waals surface area contributed by atoms with Gasteiger partial charge in [0.1, 0.15) is 0 Å². The molecule has 0 saturated carbocycles. The van der Waals surface area contributed by atoms with Crippen molar-refractivity contribution in [2.24, 2.45) is 4.99 Å². The summed E-state index contributed by atoms with van der Waals surface area (Å²) in [5.41, 5.74) is 1.91. The highest BCUT2D eigenvalue weighted by Gasteiger charge is 2.11. The van der Waals surface area contributed by atoms with Gasteiger partial charge in [-0.1, -0.05) is 0 Å². The Morgan fingerprint density at radius 3 is 3.13 bits per heavy atom. The van der Waals surface area contributed by atoms with Crippen LogP contribution in [0.4, 0.5) is 5.82 Å². The van der Waals surface area contributed by atoms with Gasteiger partial charge in [-0.3, -0.25) is 0 Å². The van der Waals surface area contributed by atoms with E-state index in [0.29, 0.717) is 5.82 Å². The zero-order chi connectivity index (χ0) is 10.3. The molecule has 3 heterocycles. The van der Waals surface area contributed by atoms with Crippen molar-refractivity contribution < 1.29 is 0 Å². The van der Waals surface area contributed by atoms with Crippen LogP contribution < -0.4 is 0 Å². The number of fused-ring (bicyclic) bond motifs is 1. The van der Waals surface area contributed by atoms with Crippen LogP contribution in [0.2, 0.25) is 0 Å². The maximum Gasteiger partial charge on any atom is 0.171 e. The van der Waals surface area contributed by atoms with Crippen LogP contribution in [0.15, 0.2) is 34.1 Å². The van der Waals surface area contributed by atoms with Gasteiger partial charge in [-0.15, -0.1) is 0 Å². The third-order valence-electron chi connectivity index (χ3n) is 2.12. The van der Waals surface area contributed by atoms with E-state index in [-0.39, 0.29) is 0 Å². The number of hydrogen-bond donors (Lipinski definition) is 0. The molecule has 0 bridgehead atoms. The van der Waals surface area contributed by atoms with Crippen molar-refractivity contribution in [2.75, 3.05) is 0 Å². The molecule has 0 saturated heterocycles. The van der Waals surface area contributed by atoms with Crippen molar-refractivity contribution in [3.63, 3.8) is 0 Å². The second-order valence-corrected chi connectivity index (χ2v) is 3.97. The SMILES string of the molecule is Brc1cnn(-c2ccnc3c2C=C=N3)c1. The molecule has 0 aromatic carbocycles. The van der Waals surface area contributed by atoms with Crippen molar-refractivity contribution in [3.8, 4) is 5.69 Å². The molecule has 0 aliphatic carbocycles. The molecular weight excluding hydrogens is 256 g/mol. The summed E-state index contributed by atoms with van der Waals surface area (Å²) in [6.07, 6.45) is 7.16. The topological polar surface area (TPSA) is 43.1 Å². The minimum atomic E-state index is 0.694. The molecule has 0 spiro atoms. The van der Waals surface area contributed by atoms with Crippen LogP contribution in [0.1, 0.15) is 5.56 Å². The molecule has 0 radical (unpaired) electrons. The number of pyridine rings is 1. The van der Waals surface area contributed by atoms with Gasteiger partial charge in [-0.2, -0.15) is 10.1 Å². The molecule has 0 N–H and O–H groups in total. The van der Waals surface area contributed by atoms with Crippen molar-refractivity contribution in [3.05, 3.63) is 34.7 Å². The number of halogens is 1. The first kappa shape index (κ1) is 8.59. The fourth-order valence-electron chi connectivity index (χ4n) is 1.47. The van der Waals surface area contributed by atoms with Crippen LogP contribution >= 0.6 is 15.9 Å². The fraction of sp³-hybridized carbons (Fsp3) is 0. The Labute approximate surface area is 94.1 Å². The van der Waals surface area contributed by atoms with E-state index in [4.69, 9.17) is 0 Å². The van der Waals surface area contributed by atoms with E-state index in [1.54, 1.807) is 17.1 Å². The predicted octanol–water partition coefficient (Wildman–Crippen LogP) is 2.36. The van der Waals surface area contributed by atoms with E-state index < -0.39 is 0 Å². The molecule has 15 heavy (non-hydrogen) atoms. The van der Waals surface area contributed by atoms with Crippen molar-refractivity contribution in [1.29, 1.82) is 0 Å². The fourth-order valence-corrected chi connectivity index (χ4v) is 1.76. The largest absolute Gasteiger partial charge is 0.239 e. The highest BCUT2D eigenvalue weighted by molar-refractivity contribution is 9.10. The molecule has 5 heteroatoms. The van der Waals surface area contributed by atoms with Gasteiger partial charge < -0.3 is 0 Å². The zero-order valence-corrected chi connectivity index (χ0v) is 9.14. The lowest BCUT2D eigenvalue weighted by Gasteiger charge is -2.04. The van der Waals surface area contributed by atoms with E-state index in [9.17, 15) is 0 Å². The molecule has 0 unspecified atom stereocenters. The molecule has 1 aliphatic rings. The molecule has 72 valence electrons. The van der Waals surface area contributed by atoms with Crippen molar-refractivity contribution in [2.45, 2.75) is 0 Å². The highest BCUT2D eigenvalue weighted by Crippen LogP contribution is 2.26. The summed E-state index contributed by atoms with van der Waals surface area (Å²) >= 11 is 3.36. The van der Waals surface area contributed by atoms with Gasteiger partial charge in [0.05, 0.1) is 21.9 Å². The monoisotopic (exact) mass is 260 g/mol. The minimum absolute atomic E-state index is 0.694. The van der Waals surface area contributed by atoms with E-state index in [1.165, 1.54) is 0 Å². The second kappa shape index (κ2) is 3.15. The average Bonchev–Trinajstić information content (AvgIpc) is 2.84. The third-order valence-corrected chi connectivity index (χ3v) is 2.53. The van der Waals surface area contributed by atoms with Crippen LogP contribution in [0.3, 0.4) is 0 Å². The Morgan fingerprint density at radius 1 is 1.40 bits per heavy atom. The van der Waals surface area contributed by atoms with Gasteiger partial charge in [-0.25, -0.2) is 9.67 Å².